The van der Waals surface area contributed by atoms with Gasteiger partial charge in [0.25, 0.3) is 0 Å². The van der Waals surface area contributed by atoms with Gasteiger partial charge in [-0.3, -0.25) is 0 Å². The summed E-state index contributed by atoms with van der Waals surface area (Å²) in [7, 11) is 0. The number of ether oxygens (including phenoxy) is 1. The van der Waals surface area contributed by atoms with Gasteiger partial charge in [0.2, 0.25) is 0 Å². The summed E-state index contributed by atoms with van der Waals surface area (Å²) in [5.74, 6) is 2.88. The molecule has 17 heavy (non-hydrogen) atoms. The Morgan fingerprint density at radius 2 is 2.18 bits per heavy atom. The molecular formula is C12H17N3OS. The Hall–Kier alpha value is -0.650. The number of aromatic nitrogens is 2. The highest BCUT2D eigenvalue weighted by Gasteiger charge is 2.21. The average molecular weight is 251 g/mol. The summed E-state index contributed by atoms with van der Waals surface area (Å²) in [5.41, 5.74) is 1.16. The van der Waals surface area contributed by atoms with Crippen LogP contribution in [0.4, 0.5) is 0 Å². The molecule has 0 bridgehead atoms. The lowest BCUT2D eigenvalue weighted by atomic mass is 10.3. The molecule has 92 valence electrons. The Kier molecular flexibility index (Phi) is 3.59. The van der Waals surface area contributed by atoms with E-state index in [1.54, 1.807) is 0 Å². The maximum atomic E-state index is 5.65. The van der Waals surface area contributed by atoms with Gasteiger partial charge in [0, 0.05) is 42.0 Å². The van der Waals surface area contributed by atoms with Crippen LogP contribution < -0.4 is 5.32 Å². The van der Waals surface area contributed by atoms with E-state index in [9.17, 15) is 0 Å². The van der Waals surface area contributed by atoms with Gasteiger partial charge in [0.1, 0.15) is 6.10 Å². The summed E-state index contributed by atoms with van der Waals surface area (Å²) < 4.78 is 5.65. The SMILES string of the molecule is c1nc(C2CSCCO2)ncc1CNC1CC1. The van der Waals surface area contributed by atoms with Gasteiger partial charge in [-0.1, -0.05) is 0 Å². The van der Waals surface area contributed by atoms with Crippen molar-refractivity contribution in [2.45, 2.75) is 31.5 Å². The first kappa shape index (κ1) is 11.4. The van der Waals surface area contributed by atoms with Crippen LogP contribution in [-0.2, 0) is 11.3 Å². The third-order valence-electron chi connectivity index (χ3n) is 3.00. The minimum atomic E-state index is 0.0826. The fourth-order valence-corrected chi connectivity index (χ4v) is 2.65. The molecule has 1 saturated heterocycles. The van der Waals surface area contributed by atoms with Crippen LogP contribution in [0.25, 0.3) is 0 Å². The van der Waals surface area contributed by atoms with Crippen molar-refractivity contribution in [2.24, 2.45) is 0 Å². The monoisotopic (exact) mass is 251 g/mol. The first-order valence-electron chi connectivity index (χ1n) is 6.15. The molecule has 1 atom stereocenters. The van der Waals surface area contributed by atoms with Crippen molar-refractivity contribution < 1.29 is 4.74 Å². The molecular weight excluding hydrogens is 234 g/mol. The summed E-state index contributed by atoms with van der Waals surface area (Å²) in [4.78, 5) is 8.82. The van der Waals surface area contributed by atoms with Crippen molar-refractivity contribution in [1.82, 2.24) is 15.3 Å². The molecule has 3 rings (SSSR count). The highest BCUT2D eigenvalue weighted by atomic mass is 32.2. The van der Waals surface area contributed by atoms with Gasteiger partial charge in [-0.15, -0.1) is 0 Å². The number of hydrogen-bond acceptors (Lipinski definition) is 5. The molecule has 2 fully saturated rings. The maximum Gasteiger partial charge on any atom is 0.157 e. The molecule has 1 N–H and O–H groups in total. The van der Waals surface area contributed by atoms with Gasteiger partial charge in [0.15, 0.2) is 5.82 Å². The van der Waals surface area contributed by atoms with E-state index in [1.807, 2.05) is 24.2 Å². The quantitative estimate of drug-likeness (QED) is 0.879. The van der Waals surface area contributed by atoms with Gasteiger partial charge in [0.05, 0.1) is 6.61 Å². The number of nitrogens with one attached hydrogen (secondary N) is 1. The Morgan fingerprint density at radius 3 is 2.82 bits per heavy atom. The molecule has 0 aromatic carbocycles. The Morgan fingerprint density at radius 1 is 1.35 bits per heavy atom. The van der Waals surface area contributed by atoms with Crippen molar-refractivity contribution >= 4 is 11.8 Å². The predicted molar refractivity (Wildman–Crippen MR) is 67.9 cm³/mol. The fourth-order valence-electron chi connectivity index (χ4n) is 1.81. The fraction of sp³-hybridized carbons (Fsp3) is 0.667. The van der Waals surface area contributed by atoms with E-state index in [1.165, 1.54) is 12.8 Å². The number of rotatable bonds is 4. The van der Waals surface area contributed by atoms with Crippen LogP contribution in [0.5, 0.6) is 0 Å². The van der Waals surface area contributed by atoms with Gasteiger partial charge in [-0.25, -0.2) is 9.97 Å². The molecule has 2 aliphatic rings. The van der Waals surface area contributed by atoms with E-state index in [2.05, 4.69) is 15.3 Å². The summed E-state index contributed by atoms with van der Waals surface area (Å²) in [6.45, 7) is 1.69. The largest absolute Gasteiger partial charge is 0.368 e. The van der Waals surface area contributed by atoms with Crippen LogP contribution in [0.15, 0.2) is 12.4 Å². The third kappa shape index (κ3) is 3.18. The van der Waals surface area contributed by atoms with E-state index in [4.69, 9.17) is 4.74 Å². The van der Waals surface area contributed by atoms with Crippen LogP contribution in [0.1, 0.15) is 30.3 Å². The molecule has 1 unspecified atom stereocenters. The highest BCUT2D eigenvalue weighted by Crippen LogP contribution is 2.24. The second-order valence-electron chi connectivity index (χ2n) is 4.54. The van der Waals surface area contributed by atoms with Gasteiger partial charge >= 0.3 is 0 Å². The topological polar surface area (TPSA) is 47.0 Å². The summed E-state index contributed by atoms with van der Waals surface area (Å²) in [5, 5.41) is 3.46. The molecule has 1 saturated carbocycles. The molecule has 0 amide bonds. The van der Waals surface area contributed by atoms with Gasteiger partial charge in [-0.05, 0) is 12.8 Å². The van der Waals surface area contributed by atoms with Crippen LogP contribution >= 0.6 is 11.8 Å². The Bertz CT molecular complexity index is 361. The Balaban J connectivity index is 1.58. The summed E-state index contributed by atoms with van der Waals surface area (Å²) in [6.07, 6.45) is 6.54. The lowest BCUT2D eigenvalue weighted by Gasteiger charge is -2.20. The molecule has 4 nitrogen and oxygen atoms in total. The van der Waals surface area contributed by atoms with Crippen molar-refractivity contribution in [2.75, 3.05) is 18.1 Å². The minimum absolute atomic E-state index is 0.0826. The van der Waals surface area contributed by atoms with E-state index in [0.29, 0.717) is 0 Å². The number of nitrogens with zero attached hydrogens (tertiary/aromatic N) is 2. The zero-order valence-corrected chi connectivity index (χ0v) is 10.6. The van der Waals surface area contributed by atoms with E-state index < -0.39 is 0 Å². The molecule has 1 aliphatic carbocycles. The smallest absolute Gasteiger partial charge is 0.157 e. The van der Waals surface area contributed by atoms with Crippen LogP contribution in [0.3, 0.4) is 0 Å². The second-order valence-corrected chi connectivity index (χ2v) is 5.69. The van der Waals surface area contributed by atoms with Crippen LogP contribution in [-0.4, -0.2) is 34.1 Å². The van der Waals surface area contributed by atoms with Crippen LogP contribution in [0.2, 0.25) is 0 Å². The standard InChI is InChI=1S/C12H17N3OS/c1-2-10(1)13-5-9-6-14-12(15-7-9)11-8-17-4-3-16-11/h6-7,10-11,13H,1-5,8H2. The third-order valence-corrected chi connectivity index (χ3v) is 4.00. The zero-order chi connectivity index (χ0) is 11.5. The molecule has 1 aliphatic heterocycles. The van der Waals surface area contributed by atoms with Crippen molar-refractivity contribution in [3.05, 3.63) is 23.8 Å². The highest BCUT2D eigenvalue weighted by molar-refractivity contribution is 7.99. The molecule has 1 aromatic heterocycles. The first-order chi connectivity index (χ1) is 8.42. The Labute approximate surface area is 106 Å². The molecule has 1 aromatic rings. The first-order valence-corrected chi connectivity index (χ1v) is 7.31. The molecule has 0 spiro atoms. The lowest BCUT2D eigenvalue weighted by molar-refractivity contribution is 0.0694. The zero-order valence-electron chi connectivity index (χ0n) is 9.76. The number of thioether (sulfide) groups is 1. The second kappa shape index (κ2) is 5.33. The average Bonchev–Trinajstić information content (AvgIpc) is 3.22. The number of hydrogen-bond donors (Lipinski definition) is 1. The van der Waals surface area contributed by atoms with Crippen LogP contribution in [0, 0.1) is 0 Å². The van der Waals surface area contributed by atoms with Crippen molar-refractivity contribution in [3.8, 4) is 0 Å². The van der Waals surface area contributed by atoms with Crippen molar-refractivity contribution in [1.29, 1.82) is 0 Å². The van der Waals surface area contributed by atoms with E-state index >= 15 is 0 Å². The molecule has 0 radical (unpaired) electrons. The molecule has 5 heteroatoms. The minimum Gasteiger partial charge on any atom is -0.368 e. The summed E-state index contributed by atoms with van der Waals surface area (Å²) in [6, 6.07) is 0.729. The van der Waals surface area contributed by atoms with E-state index in [0.717, 1.165) is 42.1 Å². The summed E-state index contributed by atoms with van der Waals surface area (Å²) >= 11 is 1.91. The molecule has 2 heterocycles. The van der Waals surface area contributed by atoms with Gasteiger partial charge in [-0.2, -0.15) is 11.8 Å². The van der Waals surface area contributed by atoms with Crippen molar-refractivity contribution in [3.63, 3.8) is 0 Å². The maximum absolute atomic E-state index is 5.65. The van der Waals surface area contributed by atoms with Gasteiger partial charge < -0.3 is 10.1 Å². The predicted octanol–water partition coefficient (Wildman–Crippen LogP) is 1.53. The van der Waals surface area contributed by atoms with E-state index in [-0.39, 0.29) is 6.10 Å². The normalized spacial score (nSPS) is 24.8. The lowest BCUT2D eigenvalue weighted by Crippen LogP contribution is -2.19.